The van der Waals surface area contributed by atoms with Crippen LogP contribution in [0, 0.1) is 17.2 Å². The van der Waals surface area contributed by atoms with E-state index in [1.54, 1.807) is 9.47 Å². The minimum Gasteiger partial charge on any atom is -0.340 e. The van der Waals surface area contributed by atoms with E-state index in [4.69, 9.17) is 5.26 Å². The zero-order valence-corrected chi connectivity index (χ0v) is 16.4. The Kier molecular flexibility index (Phi) is 6.64. The van der Waals surface area contributed by atoms with Crippen LogP contribution < -0.4 is 5.69 Å². The molecule has 1 unspecified atom stereocenters. The molecule has 0 radical (unpaired) electrons. The van der Waals surface area contributed by atoms with Crippen LogP contribution in [-0.2, 0) is 24.3 Å². The van der Waals surface area contributed by atoms with Crippen LogP contribution in [0.15, 0.2) is 35.1 Å². The number of aryl methyl sites for hydroxylation is 1. The molecule has 0 N–H and O–H groups in total. The van der Waals surface area contributed by atoms with E-state index in [-0.39, 0.29) is 24.1 Å². The molecule has 7 nitrogen and oxygen atoms in total. The lowest BCUT2D eigenvalue weighted by molar-refractivity contribution is -0.133. The maximum atomic E-state index is 12.9. The first-order chi connectivity index (χ1) is 13.6. The van der Waals surface area contributed by atoms with Crippen molar-refractivity contribution in [1.82, 2.24) is 19.2 Å². The third-order valence-corrected chi connectivity index (χ3v) is 5.18. The molecule has 28 heavy (non-hydrogen) atoms. The fourth-order valence-electron chi connectivity index (χ4n) is 3.57. The number of unbranched alkanes of at least 4 members (excludes halogenated alkanes) is 1. The minimum absolute atomic E-state index is 0.0715. The van der Waals surface area contributed by atoms with Crippen molar-refractivity contribution >= 4 is 5.91 Å². The number of likely N-dealkylation sites (tertiary alicyclic amines) is 1. The van der Waals surface area contributed by atoms with Gasteiger partial charge in [0.25, 0.3) is 0 Å². The number of benzene rings is 1. The van der Waals surface area contributed by atoms with Crippen LogP contribution in [0.1, 0.15) is 44.0 Å². The largest absolute Gasteiger partial charge is 0.346 e. The van der Waals surface area contributed by atoms with Crippen molar-refractivity contribution < 1.29 is 4.79 Å². The van der Waals surface area contributed by atoms with Gasteiger partial charge in [-0.25, -0.2) is 9.48 Å². The number of piperidine rings is 1. The molecule has 1 aliphatic heterocycles. The first kappa shape index (κ1) is 19.9. The van der Waals surface area contributed by atoms with Crippen LogP contribution in [0.25, 0.3) is 0 Å². The smallest absolute Gasteiger partial charge is 0.340 e. The molecule has 2 aromatic rings. The average molecular weight is 381 g/mol. The Bertz CT molecular complexity index is 894. The van der Waals surface area contributed by atoms with Crippen molar-refractivity contribution in [2.45, 2.75) is 52.1 Å². The Labute approximate surface area is 165 Å². The molecule has 1 aromatic carbocycles. The highest BCUT2D eigenvalue weighted by atomic mass is 16.2. The number of hydrogen-bond acceptors (Lipinski definition) is 4. The number of nitriles is 1. The summed E-state index contributed by atoms with van der Waals surface area (Å²) in [7, 11) is 0. The van der Waals surface area contributed by atoms with Gasteiger partial charge in [-0.05, 0) is 24.8 Å². The summed E-state index contributed by atoms with van der Waals surface area (Å²) >= 11 is 0. The number of aromatic nitrogens is 3. The van der Waals surface area contributed by atoms with Crippen LogP contribution in [0.4, 0.5) is 0 Å². The summed E-state index contributed by atoms with van der Waals surface area (Å²) in [5.41, 5.74) is 0.776. The molecule has 0 aliphatic carbocycles. The number of amides is 1. The van der Waals surface area contributed by atoms with Crippen molar-refractivity contribution in [2.75, 3.05) is 13.1 Å². The lowest BCUT2D eigenvalue weighted by Gasteiger charge is -2.29. The van der Waals surface area contributed by atoms with Crippen LogP contribution in [0.3, 0.4) is 0 Å². The second kappa shape index (κ2) is 9.36. The summed E-state index contributed by atoms with van der Waals surface area (Å²) in [6, 6.07) is 12.0. The molecule has 1 aliphatic rings. The third-order valence-electron chi connectivity index (χ3n) is 5.18. The Hall–Kier alpha value is -2.88. The molecule has 3 rings (SSSR count). The lowest BCUT2D eigenvalue weighted by atomic mass is 10.00. The van der Waals surface area contributed by atoms with Crippen LogP contribution in [0.5, 0.6) is 0 Å². The molecular formula is C21H27N5O2. The van der Waals surface area contributed by atoms with E-state index in [0.717, 1.165) is 37.1 Å². The maximum absolute atomic E-state index is 12.9. The van der Waals surface area contributed by atoms with Crippen LogP contribution in [0.2, 0.25) is 0 Å². The molecule has 148 valence electrons. The molecule has 1 amide bonds. The van der Waals surface area contributed by atoms with Gasteiger partial charge >= 0.3 is 5.69 Å². The molecule has 1 aromatic heterocycles. The van der Waals surface area contributed by atoms with Crippen molar-refractivity contribution in [2.24, 2.45) is 5.92 Å². The van der Waals surface area contributed by atoms with Gasteiger partial charge in [0.15, 0.2) is 0 Å². The van der Waals surface area contributed by atoms with Crippen molar-refractivity contribution in [3.05, 3.63) is 52.2 Å². The molecule has 0 saturated carbocycles. The van der Waals surface area contributed by atoms with Crippen molar-refractivity contribution in [3.8, 4) is 6.07 Å². The molecule has 7 heteroatoms. The van der Waals surface area contributed by atoms with Crippen molar-refractivity contribution in [1.29, 1.82) is 5.26 Å². The van der Waals surface area contributed by atoms with Gasteiger partial charge in [0.1, 0.15) is 12.4 Å². The molecule has 1 atom stereocenters. The zero-order valence-electron chi connectivity index (χ0n) is 16.4. The van der Waals surface area contributed by atoms with E-state index in [9.17, 15) is 9.59 Å². The topological polar surface area (TPSA) is 83.9 Å². The molecule has 1 saturated heterocycles. The van der Waals surface area contributed by atoms with E-state index >= 15 is 0 Å². The van der Waals surface area contributed by atoms with Gasteiger partial charge in [0, 0.05) is 19.5 Å². The zero-order chi connectivity index (χ0) is 19.9. The van der Waals surface area contributed by atoms with E-state index in [0.29, 0.717) is 26.1 Å². The summed E-state index contributed by atoms with van der Waals surface area (Å²) in [4.78, 5) is 27.3. The van der Waals surface area contributed by atoms with Gasteiger partial charge in [-0.15, -0.1) is 0 Å². The Morgan fingerprint density at radius 1 is 1.32 bits per heavy atom. The molecule has 1 fully saturated rings. The summed E-state index contributed by atoms with van der Waals surface area (Å²) in [5.74, 6) is 0.454. The first-order valence-electron chi connectivity index (χ1n) is 10.00. The Morgan fingerprint density at radius 3 is 2.82 bits per heavy atom. The fraction of sp³-hybridized carbons (Fsp3) is 0.524. The van der Waals surface area contributed by atoms with Gasteiger partial charge in [0.05, 0.1) is 18.5 Å². The van der Waals surface area contributed by atoms with E-state index in [1.807, 2.05) is 30.3 Å². The lowest BCUT2D eigenvalue weighted by Crippen LogP contribution is -2.42. The monoisotopic (exact) mass is 381 g/mol. The van der Waals surface area contributed by atoms with Gasteiger partial charge in [0.2, 0.25) is 5.91 Å². The quantitative estimate of drug-likeness (QED) is 0.736. The minimum atomic E-state index is -0.253. The summed E-state index contributed by atoms with van der Waals surface area (Å²) < 4.78 is 2.96. The average Bonchev–Trinajstić information content (AvgIpc) is 3.02. The van der Waals surface area contributed by atoms with Gasteiger partial charge in [-0.3, -0.25) is 9.36 Å². The maximum Gasteiger partial charge on any atom is 0.346 e. The summed E-state index contributed by atoms with van der Waals surface area (Å²) in [6.07, 6.45) is 4.31. The molecule has 0 bridgehead atoms. The van der Waals surface area contributed by atoms with Crippen LogP contribution >= 0.6 is 0 Å². The van der Waals surface area contributed by atoms with E-state index in [2.05, 4.69) is 18.1 Å². The van der Waals surface area contributed by atoms with Gasteiger partial charge < -0.3 is 4.90 Å². The van der Waals surface area contributed by atoms with Gasteiger partial charge in [-0.1, -0.05) is 43.7 Å². The highest BCUT2D eigenvalue weighted by molar-refractivity contribution is 5.76. The highest BCUT2D eigenvalue weighted by Crippen LogP contribution is 2.16. The summed E-state index contributed by atoms with van der Waals surface area (Å²) in [6.45, 7) is 3.56. The Morgan fingerprint density at radius 2 is 2.11 bits per heavy atom. The second-order valence-electron chi connectivity index (χ2n) is 7.34. The number of nitrogens with zero attached hydrogens (tertiary/aromatic N) is 5. The van der Waals surface area contributed by atoms with Gasteiger partial charge in [-0.2, -0.15) is 10.4 Å². The molecule has 2 heterocycles. The summed E-state index contributed by atoms with van der Waals surface area (Å²) in [5, 5.41) is 13.6. The van der Waals surface area contributed by atoms with Crippen molar-refractivity contribution in [3.63, 3.8) is 0 Å². The molecule has 0 spiro atoms. The second-order valence-corrected chi connectivity index (χ2v) is 7.34. The fourth-order valence-corrected chi connectivity index (χ4v) is 3.57. The number of carbonyl (C=O) groups excluding carboxylic acids is 1. The van der Waals surface area contributed by atoms with E-state index < -0.39 is 0 Å². The standard InChI is InChI=1S/C21H27N5O2/c1-2-3-11-19-23-26(16-20(27)24-12-7-10-18(13-22)14-24)21(28)25(19)15-17-8-5-4-6-9-17/h4-6,8-9,18H,2-3,7,10-12,14-16H2,1H3. The normalized spacial score (nSPS) is 16.7. The third kappa shape index (κ3) is 4.69. The number of hydrogen-bond donors (Lipinski definition) is 0. The van der Waals surface area contributed by atoms with E-state index in [1.165, 1.54) is 4.68 Å². The Balaban J connectivity index is 1.80. The number of carbonyl (C=O) groups is 1. The predicted molar refractivity (Wildman–Crippen MR) is 106 cm³/mol. The highest BCUT2D eigenvalue weighted by Gasteiger charge is 2.25. The SMILES string of the molecule is CCCCc1nn(CC(=O)N2CCCC(C#N)C2)c(=O)n1Cc1ccccc1. The first-order valence-corrected chi connectivity index (χ1v) is 10.00. The number of rotatable bonds is 7. The molecular weight excluding hydrogens is 354 g/mol. The van der Waals surface area contributed by atoms with Crippen LogP contribution in [-0.4, -0.2) is 38.2 Å². The predicted octanol–water partition coefficient (Wildman–Crippen LogP) is 2.20.